The Morgan fingerprint density at radius 2 is 2.00 bits per heavy atom. The Labute approximate surface area is 122 Å². The summed E-state index contributed by atoms with van der Waals surface area (Å²) in [6, 6.07) is 11.4. The van der Waals surface area contributed by atoms with Crippen molar-refractivity contribution in [1.82, 2.24) is 10.1 Å². The number of nitrogens with two attached hydrogens (primary N) is 1. The maximum absolute atomic E-state index is 13.2. The standard InChI is InChI=1S/C14H9BrFN3O/c15-9-4-5-11(12(17)7-9)14-18-13(19-20-14)8-2-1-3-10(16)6-8/h1-7H,17H2. The fourth-order valence-electron chi connectivity index (χ4n) is 1.81. The largest absolute Gasteiger partial charge is 0.398 e. The van der Waals surface area contributed by atoms with Crippen LogP contribution in [0.3, 0.4) is 0 Å². The molecule has 20 heavy (non-hydrogen) atoms. The molecule has 0 amide bonds. The summed E-state index contributed by atoms with van der Waals surface area (Å²) in [4.78, 5) is 4.24. The van der Waals surface area contributed by atoms with Crippen molar-refractivity contribution in [3.05, 3.63) is 52.8 Å². The summed E-state index contributed by atoms with van der Waals surface area (Å²) in [6.45, 7) is 0. The van der Waals surface area contributed by atoms with Crippen LogP contribution in [0.1, 0.15) is 0 Å². The first kappa shape index (κ1) is 12.8. The van der Waals surface area contributed by atoms with Crippen LogP contribution in [0.15, 0.2) is 51.5 Å². The van der Waals surface area contributed by atoms with Crippen molar-refractivity contribution in [3.63, 3.8) is 0 Å². The number of halogens is 2. The van der Waals surface area contributed by atoms with Crippen LogP contribution >= 0.6 is 15.9 Å². The van der Waals surface area contributed by atoms with Crippen LogP contribution in [0.4, 0.5) is 10.1 Å². The molecule has 6 heteroatoms. The van der Waals surface area contributed by atoms with E-state index in [1.807, 2.05) is 6.07 Å². The van der Waals surface area contributed by atoms with E-state index in [0.717, 1.165) is 4.47 Å². The molecule has 0 aliphatic carbocycles. The average molecular weight is 334 g/mol. The Balaban J connectivity index is 2.02. The summed E-state index contributed by atoms with van der Waals surface area (Å²) >= 11 is 3.33. The van der Waals surface area contributed by atoms with Gasteiger partial charge in [0.15, 0.2) is 0 Å². The molecule has 1 aromatic heterocycles. The molecule has 2 N–H and O–H groups in total. The summed E-state index contributed by atoms with van der Waals surface area (Å²) in [6.07, 6.45) is 0. The smallest absolute Gasteiger partial charge is 0.260 e. The fraction of sp³-hybridized carbons (Fsp3) is 0. The lowest BCUT2D eigenvalue weighted by molar-refractivity contribution is 0.432. The lowest BCUT2D eigenvalue weighted by Gasteiger charge is -2.00. The van der Waals surface area contributed by atoms with Gasteiger partial charge in [-0.05, 0) is 30.3 Å². The summed E-state index contributed by atoms with van der Waals surface area (Å²) in [5.41, 5.74) is 7.62. The summed E-state index contributed by atoms with van der Waals surface area (Å²) < 4.78 is 19.2. The minimum Gasteiger partial charge on any atom is -0.398 e. The number of hydrogen-bond acceptors (Lipinski definition) is 4. The summed E-state index contributed by atoms with van der Waals surface area (Å²) in [5, 5.41) is 3.85. The van der Waals surface area contributed by atoms with Gasteiger partial charge in [-0.15, -0.1) is 0 Å². The predicted octanol–water partition coefficient (Wildman–Crippen LogP) is 3.89. The van der Waals surface area contributed by atoms with E-state index in [-0.39, 0.29) is 5.82 Å². The molecule has 0 aliphatic heterocycles. The van der Waals surface area contributed by atoms with Crippen molar-refractivity contribution >= 4 is 21.6 Å². The first-order valence-electron chi connectivity index (χ1n) is 5.78. The number of aromatic nitrogens is 2. The Hall–Kier alpha value is -2.21. The van der Waals surface area contributed by atoms with Gasteiger partial charge in [-0.1, -0.05) is 33.2 Å². The number of nitrogens with zero attached hydrogens (tertiary/aromatic N) is 2. The van der Waals surface area contributed by atoms with Crippen molar-refractivity contribution in [2.75, 3.05) is 5.73 Å². The third-order valence-electron chi connectivity index (χ3n) is 2.75. The Bertz CT molecular complexity index is 773. The highest BCUT2D eigenvalue weighted by Gasteiger charge is 2.13. The highest BCUT2D eigenvalue weighted by atomic mass is 79.9. The lowest BCUT2D eigenvalue weighted by atomic mass is 10.2. The SMILES string of the molecule is Nc1cc(Br)ccc1-c1nc(-c2cccc(F)c2)no1. The maximum Gasteiger partial charge on any atom is 0.260 e. The van der Waals surface area contributed by atoms with E-state index in [2.05, 4.69) is 26.1 Å². The van der Waals surface area contributed by atoms with Gasteiger partial charge in [0, 0.05) is 15.7 Å². The number of hydrogen-bond donors (Lipinski definition) is 1. The van der Waals surface area contributed by atoms with Crippen LogP contribution in [-0.4, -0.2) is 10.1 Å². The van der Waals surface area contributed by atoms with Gasteiger partial charge in [0.2, 0.25) is 5.82 Å². The third kappa shape index (κ3) is 2.42. The van der Waals surface area contributed by atoms with E-state index < -0.39 is 0 Å². The van der Waals surface area contributed by atoms with Crippen LogP contribution in [0.25, 0.3) is 22.8 Å². The first-order chi connectivity index (χ1) is 9.63. The fourth-order valence-corrected chi connectivity index (χ4v) is 2.18. The van der Waals surface area contributed by atoms with Crippen LogP contribution < -0.4 is 5.73 Å². The van der Waals surface area contributed by atoms with Gasteiger partial charge < -0.3 is 10.3 Å². The van der Waals surface area contributed by atoms with Crippen LogP contribution in [0, 0.1) is 5.82 Å². The highest BCUT2D eigenvalue weighted by Crippen LogP contribution is 2.29. The molecule has 3 aromatic rings. The van der Waals surface area contributed by atoms with Crippen LogP contribution in [0.2, 0.25) is 0 Å². The minimum absolute atomic E-state index is 0.300. The molecule has 0 spiro atoms. The van der Waals surface area contributed by atoms with E-state index in [1.54, 1.807) is 24.3 Å². The zero-order valence-corrected chi connectivity index (χ0v) is 11.8. The second kappa shape index (κ2) is 5.05. The number of anilines is 1. The maximum atomic E-state index is 13.2. The molecule has 0 unspecified atom stereocenters. The monoisotopic (exact) mass is 333 g/mol. The highest BCUT2D eigenvalue weighted by molar-refractivity contribution is 9.10. The molecule has 0 bridgehead atoms. The van der Waals surface area contributed by atoms with Crippen LogP contribution in [0.5, 0.6) is 0 Å². The van der Waals surface area contributed by atoms with Gasteiger partial charge in [0.1, 0.15) is 5.82 Å². The van der Waals surface area contributed by atoms with Crippen molar-refractivity contribution < 1.29 is 8.91 Å². The van der Waals surface area contributed by atoms with Crippen LogP contribution in [-0.2, 0) is 0 Å². The van der Waals surface area contributed by atoms with Gasteiger partial charge in [0.05, 0.1) is 5.56 Å². The van der Waals surface area contributed by atoms with E-state index in [0.29, 0.717) is 28.5 Å². The van der Waals surface area contributed by atoms with Gasteiger partial charge in [0.25, 0.3) is 5.89 Å². The lowest BCUT2D eigenvalue weighted by Crippen LogP contribution is -1.90. The molecular weight excluding hydrogens is 325 g/mol. The molecule has 0 radical (unpaired) electrons. The molecule has 2 aromatic carbocycles. The molecule has 4 nitrogen and oxygen atoms in total. The number of rotatable bonds is 2. The Morgan fingerprint density at radius 1 is 1.15 bits per heavy atom. The molecule has 100 valence electrons. The number of benzene rings is 2. The minimum atomic E-state index is -0.350. The zero-order valence-electron chi connectivity index (χ0n) is 10.2. The molecule has 3 rings (SSSR count). The van der Waals surface area contributed by atoms with Gasteiger partial charge >= 0.3 is 0 Å². The topological polar surface area (TPSA) is 64.9 Å². The predicted molar refractivity (Wildman–Crippen MR) is 77.2 cm³/mol. The first-order valence-corrected chi connectivity index (χ1v) is 6.58. The number of nitrogen functional groups attached to an aromatic ring is 1. The normalized spacial score (nSPS) is 10.7. The van der Waals surface area contributed by atoms with E-state index in [9.17, 15) is 4.39 Å². The Morgan fingerprint density at radius 3 is 2.75 bits per heavy atom. The van der Waals surface area contributed by atoms with E-state index >= 15 is 0 Å². The Kier molecular flexibility index (Phi) is 3.23. The zero-order chi connectivity index (χ0) is 14.1. The molecule has 0 saturated carbocycles. The third-order valence-corrected chi connectivity index (χ3v) is 3.25. The average Bonchev–Trinajstić information content (AvgIpc) is 2.88. The molecule has 0 saturated heterocycles. The van der Waals surface area contributed by atoms with Gasteiger partial charge in [-0.2, -0.15) is 4.98 Å². The summed E-state index contributed by atoms with van der Waals surface area (Å²) in [5.74, 6) is 0.271. The molecule has 1 heterocycles. The van der Waals surface area contributed by atoms with E-state index in [1.165, 1.54) is 12.1 Å². The van der Waals surface area contributed by atoms with Crippen molar-refractivity contribution in [1.29, 1.82) is 0 Å². The van der Waals surface area contributed by atoms with E-state index in [4.69, 9.17) is 10.3 Å². The summed E-state index contributed by atoms with van der Waals surface area (Å²) in [7, 11) is 0. The quantitative estimate of drug-likeness (QED) is 0.722. The van der Waals surface area contributed by atoms with Gasteiger partial charge in [-0.3, -0.25) is 0 Å². The van der Waals surface area contributed by atoms with Crippen molar-refractivity contribution in [3.8, 4) is 22.8 Å². The van der Waals surface area contributed by atoms with Gasteiger partial charge in [-0.25, -0.2) is 4.39 Å². The second-order valence-electron chi connectivity index (χ2n) is 4.17. The van der Waals surface area contributed by atoms with Crippen molar-refractivity contribution in [2.24, 2.45) is 0 Å². The molecular formula is C14H9BrFN3O. The molecule has 0 aliphatic rings. The van der Waals surface area contributed by atoms with Crippen molar-refractivity contribution in [2.45, 2.75) is 0 Å². The second-order valence-corrected chi connectivity index (χ2v) is 5.08. The molecule has 0 fully saturated rings. The molecule has 0 atom stereocenters.